The van der Waals surface area contributed by atoms with Crippen LogP contribution in [0.15, 0.2) is 66.7 Å². The van der Waals surface area contributed by atoms with Crippen LogP contribution in [0.25, 0.3) is 22.5 Å². The number of aromatic nitrogens is 1. The normalized spacial score (nSPS) is 10.5. The average Bonchev–Trinajstić information content (AvgIpc) is 2.49. The first kappa shape index (κ1) is 12.5. The molecule has 0 unspecified atom stereocenters. The lowest BCUT2D eigenvalue weighted by molar-refractivity contribution is 0.628. The Hall–Kier alpha value is -2.48. The number of pyridine rings is 1. The second-order valence-electron chi connectivity index (χ2n) is 4.78. The van der Waals surface area contributed by atoms with Crippen LogP contribution in [-0.4, -0.2) is 4.98 Å². The Labute approximate surface area is 117 Å². The first-order valence-electron chi connectivity index (χ1n) is 6.52. The summed E-state index contributed by atoms with van der Waals surface area (Å²) in [5.41, 5.74) is 5.00. The van der Waals surface area contributed by atoms with Crippen molar-refractivity contribution in [3.63, 3.8) is 0 Å². The molecule has 2 heteroatoms. The molecule has 0 bridgehead atoms. The molecule has 0 fully saturated rings. The van der Waals surface area contributed by atoms with E-state index in [4.69, 9.17) is 0 Å². The summed E-state index contributed by atoms with van der Waals surface area (Å²) in [4.78, 5) is 4.65. The van der Waals surface area contributed by atoms with Crippen molar-refractivity contribution < 1.29 is 4.39 Å². The summed E-state index contributed by atoms with van der Waals surface area (Å²) in [5, 5.41) is 0. The maximum absolute atomic E-state index is 13.0. The highest BCUT2D eigenvalue weighted by atomic mass is 19.1. The number of nitrogens with zero attached hydrogens (tertiary/aromatic N) is 1. The Morgan fingerprint density at radius 1 is 0.700 bits per heavy atom. The number of halogens is 1. The molecule has 0 amide bonds. The fraction of sp³-hybridized carbons (Fsp3) is 0.0556. The average molecular weight is 263 g/mol. The van der Waals surface area contributed by atoms with Crippen molar-refractivity contribution in [2.45, 2.75) is 6.92 Å². The van der Waals surface area contributed by atoms with Crippen molar-refractivity contribution in [2.24, 2.45) is 0 Å². The summed E-state index contributed by atoms with van der Waals surface area (Å²) < 4.78 is 13.0. The minimum Gasteiger partial charge on any atom is -0.248 e. The van der Waals surface area contributed by atoms with E-state index in [9.17, 15) is 4.39 Å². The quantitative estimate of drug-likeness (QED) is 0.643. The van der Waals surface area contributed by atoms with Crippen LogP contribution in [-0.2, 0) is 0 Å². The minimum atomic E-state index is -0.233. The maximum Gasteiger partial charge on any atom is 0.123 e. The first-order valence-corrected chi connectivity index (χ1v) is 6.52. The molecular weight excluding hydrogens is 249 g/mol. The minimum absolute atomic E-state index is 0.233. The van der Waals surface area contributed by atoms with E-state index in [-0.39, 0.29) is 5.82 Å². The molecule has 0 spiro atoms. The van der Waals surface area contributed by atoms with Gasteiger partial charge in [-0.15, -0.1) is 0 Å². The van der Waals surface area contributed by atoms with Gasteiger partial charge in [0.1, 0.15) is 5.82 Å². The molecule has 1 heterocycles. The van der Waals surface area contributed by atoms with Crippen LogP contribution in [0.2, 0.25) is 0 Å². The molecule has 0 saturated carbocycles. The van der Waals surface area contributed by atoms with E-state index in [1.807, 2.05) is 18.2 Å². The van der Waals surface area contributed by atoms with Crippen LogP contribution >= 0.6 is 0 Å². The summed E-state index contributed by atoms with van der Waals surface area (Å²) in [6, 6.07) is 20.6. The highest BCUT2D eigenvalue weighted by molar-refractivity contribution is 5.66. The molecule has 98 valence electrons. The van der Waals surface area contributed by atoms with Crippen LogP contribution < -0.4 is 0 Å². The zero-order chi connectivity index (χ0) is 13.9. The van der Waals surface area contributed by atoms with Gasteiger partial charge < -0.3 is 0 Å². The third-order valence-electron chi connectivity index (χ3n) is 3.24. The van der Waals surface area contributed by atoms with Crippen LogP contribution in [0, 0.1) is 12.7 Å². The molecule has 0 saturated heterocycles. The van der Waals surface area contributed by atoms with Crippen LogP contribution in [0.4, 0.5) is 4.39 Å². The number of benzene rings is 2. The van der Waals surface area contributed by atoms with Crippen molar-refractivity contribution in [3.8, 4) is 22.5 Å². The van der Waals surface area contributed by atoms with Crippen LogP contribution in [0.3, 0.4) is 0 Å². The van der Waals surface area contributed by atoms with Gasteiger partial charge in [-0.2, -0.15) is 0 Å². The van der Waals surface area contributed by atoms with E-state index in [1.165, 1.54) is 17.7 Å². The third-order valence-corrected chi connectivity index (χ3v) is 3.24. The summed E-state index contributed by atoms with van der Waals surface area (Å²) >= 11 is 0. The smallest absolute Gasteiger partial charge is 0.123 e. The molecule has 1 aromatic heterocycles. The zero-order valence-corrected chi connectivity index (χ0v) is 11.2. The predicted octanol–water partition coefficient (Wildman–Crippen LogP) is 4.86. The molecule has 0 atom stereocenters. The second kappa shape index (κ2) is 5.25. The largest absolute Gasteiger partial charge is 0.248 e. The van der Waals surface area contributed by atoms with E-state index < -0.39 is 0 Å². The van der Waals surface area contributed by atoms with E-state index in [0.29, 0.717) is 0 Å². The number of hydrogen-bond acceptors (Lipinski definition) is 1. The summed E-state index contributed by atoms with van der Waals surface area (Å²) in [6.07, 6.45) is 0. The summed E-state index contributed by atoms with van der Waals surface area (Å²) in [7, 11) is 0. The van der Waals surface area contributed by atoms with Crippen molar-refractivity contribution >= 4 is 0 Å². The summed E-state index contributed by atoms with van der Waals surface area (Å²) in [6.45, 7) is 2.06. The Morgan fingerprint density at radius 3 is 1.75 bits per heavy atom. The Morgan fingerprint density at radius 2 is 1.20 bits per heavy atom. The highest BCUT2D eigenvalue weighted by Crippen LogP contribution is 2.23. The topological polar surface area (TPSA) is 12.9 Å². The zero-order valence-electron chi connectivity index (χ0n) is 11.2. The molecule has 0 aliphatic rings. The van der Waals surface area contributed by atoms with Crippen molar-refractivity contribution in [3.05, 3.63) is 78.1 Å². The lowest BCUT2D eigenvalue weighted by Crippen LogP contribution is -1.88. The lowest BCUT2D eigenvalue weighted by Gasteiger charge is -2.05. The van der Waals surface area contributed by atoms with E-state index in [2.05, 4.69) is 36.2 Å². The van der Waals surface area contributed by atoms with Crippen molar-refractivity contribution in [2.75, 3.05) is 0 Å². The summed E-state index contributed by atoms with van der Waals surface area (Å²) in [5.74, 6) is -0.233. The van der Waals surface area contributed by atoms with Gasteiger partial charge in [-0.05, 0) is 43.3 Å². The van der Waals surface area contributed by atoms with Crippen molar-refractivity contribution in [1.29, 1.82) is 0 Å². The van der Waals surface area contributed by atoms with Gasteiger partial charge in [0.05, 0.1) is 11.4 Å². The van der Waals surface area contributed by atoms with Gasteiger partial charge in [-0.25, -0.2) is 9.37 Å². The van der Waals surface area contributed by atoms with Crippen LogP contribution in [0.5, 0.6) is 0 Å². The van der Waals surface area contributed by atoms with E-state index in [0.717, 1.165) is 22.5 Å². The fourth-order valence-corrected chi connectivity index (χ4v) is 2.10. The molecule has 1 nitrogen and oxygen atoms in total. The molecule has 0 aliphatic heterocycles. The Kier molecular flexibility index (Phi) is 3.30. The number of aryl methyl sites for hydroxylation is 1. The van der Waals surface area contributed by atoms with Gasteiger partial charge in [0.15, 0.2) is 0 Å². The molecule has 3 rings (SSSR count). The standard InChI is InChI=1S/C18H14FN/c1-13-5-7-14(8-6-13)17-3-2-4-18(20-17)15-9-11-16(19)12-10-15/h2-12H,1H3. The monoisotopic (exact) mass is 263 g/mol. The lowest BCUT2D eigenvalue weighted by atomic mass is 10.1. The van der Waals surface area contributed by atoms with Gasteiger partial charge >= 0.3 is 0 Å². The first-order chi connectivity index (χ1) is 9.72. The van der Waals surface area contributed by atoms with Gasteiger partial charge in [0.2, 0.25) is 0 Å². The molecule has 3 aromatic rings. The third kappa shape index (κ3) is 2.59. The van der Waals surface area contributed by atoms with E-state index in [1.54, 1.807) is 12.1 Å². The number of hydrogen-bond donors (Lipinski definition) is 0. The van der Waals surface area contributed by atoms with Crippen LogP contribution in [0.1, 0.15) is 5.56 Å². The molecule has 0 radical (unpaired) electrons. The molecule has 20 heavy (non-hydrogen) atoms. The van der Waals surface area contributed by atoms with Gasteiger partial charge in [-0.3, -0.25) is 0 Å². The molecule has 0 N–H and O–H groups in total. The van der Waals surface area contributed by atoms with Gasteiger partial charge in [-0.1, -0.05) is 35.9 Å². The predicted molar refractivity (Wildman–Crippen MR) is 79.8 cm³/mol. The van der Waals surface area contributed by atoms with Crippen molar-refractivity contribution in [1.82, 2.24) is 4.98 Å². The SMILES string of the molecule is Cc1ccc(-c2cccc(-c3ccc(F)cc3)n2)cc1. The Balaban J connectivity index is 2.01. The molecular formula is C18H14FN. The number of rotatable bonds is 2. The van der Waals surface area contributed by atoms with Gasteiger partial charge in [0, 0.05) is 11.1 Å². The Bertz CT molecular complexity index is 654. The second-order valence-corrected chi connectivity index (χ2v) is 4.78. The van der Waals surface area contributed by atoms with Gasteiger partial charge in [0.25, 0.3) is 0 Å². The van der Waals surface area contributed by atoms with E-state index >= 15 is 0 Å². The highest BCUT2D eigenvalue weighted by Gasteiger charge is 2.03. The maximum atomic E-state index is 13.0. The molecule has 0 aliphatic carbocycles. The molecule has 2 aromatic carbocycles. The fourth-order valence-electron chi connectivity index (χ4n) is 2.10.